The summed E-state index contributed by atoms with van der Waals surface area (Å²) in [7, 11) is 0. The Morgan fingerprint density at radius 2 is 1.88 bits per heavy atom. The van der Waals surface area contributed by atoms with E-state index in [4.69, 9.17) is 23.8 Å². The van der Waals surface area contributed by atoms with Crippen LogP contribution in [0.1, 0.15) is 22.8 Å². The van der Waals surface area contributed by atoms with E-state index in [0.717, 1.165) is 16.9 Å². The second-order valence-corrected chi connectivity index (χ2v) is 6.61. The van der Waals surface area contributed by atoms with Crippen molar-refractivity contribution in [2.75, 3.05) is 10.6 Å². The Morgan fingerprint density at radius 1 is 1.15 bits per heavy atom. The summed E-state index contributed by atoms with van der Waals surface area (Å²) >= 11 is 11.2. The van der Waals surface area contributed by atoms with Gasteiger partial charge in [0.15, 0.2) is 10.9 Å². The van der Waals surface area contributed by atoms with Gasteiger partial charge in [0.05, 0.1) is 17.8 Å². The first kappa shape index (κ1) is 18.1. The first-order valence-electron chi connectivity index (χ1n) is 7.95. The molecule has 5 nitrogen and oxygen atoms in total. The molecule has 0 unspecified atom stereocenters. The van der Waals surface area contributed by atoms with E-state index in [9.17, 15) is 4.79 Å². The molecule has 0 fully saturated rings. The van der Waals surface area contributed by atoms with Crippen molar-refractivity contribution in [1.82, 2.24) is 9.78 Å². The van der Waals surface area contributed by atoms with Crippen LogP contribution in [0.3, 0.4) is 0 Å². The highest BCUT2D eigenvalue weighted by Gasteiger charge is 2.03. The van der Waals surface area contributed by atoms with Gasteiger partial charge in [0.25, 0.3) is 0 Å². The maximum Gasteiger partial charge on any atom is 0.175 e. The van der Waals surface area contributed by atoms with Gasteiger partial charge < -0.3 is 10.6 Å². The first-order chi connectivity index (χ1) is 12.5. The number of Topliss-reactive ketones (excluding diaryl/α,β-unsaturated/α-hetero) is 1. The Labute approximate surface area is 162 Å². The van der Waals surface area contributed by atoms with Gasteiger partial charge in [-0.1, -0.05) is 23.7 Å². The minimum absolute atomic E-state index is 0.0348. The van der Waals surface area contributed by atoms with Gasteiger partial charge in [0, 0.05) is 23.1 Å². The van der Waals surface area contributed by atoms with E-state index in [-0.39, 0.29) is 5.78 Å². The van der Waals surface area contributed by atoms with Crippen LogP contribution in [0.2, 0.25) is 5.02 Å². The standard InChI is InChI=1S/C19H17ClN4OS/c1-13(25)15-5-7-17(8-6-15)22-19(26)23-18-4-2-3-14(9-18)11-24-12-16(20)10-21-24/h2-10,12H,11H2,1H3,(H2,22,23,26). The van der Waals surface area contributed by atoms with Crippen molar-refractivity contribution in [2.45, 2.75) is 13.5 Å². The van der Waals surface area contributed by atoms with Crippen molar-refractivity contribution in [3.05, 3.63) is 77.1 Å². The summed E-state index contributed by atoms with van der Waals surface area (Å²) in [4.78, 5) is 11.3. The number of benzene rings is 2. The Morgan fingerprint density at radius 3 is 2.54 bits per heavy atom. The smallest absolute Gasteiger partial charge is 0.175 e. The number of halogens is 1. The topological polar surface area (TPSA) is 59.0 Å². The molecule has 0 spiro atoms. The Balaban J connectivity index is 1.62. The fourth-order valence-electron chi connectivity index (χ4n) is 2.44. The molecule has 0 saturated carbocycles. The molecule has 0 aliphatic rings. The average molecular weight is 385 g/mol. The van der Waals surface area contributed by atoms with Crippen LogP contribution in [-0.2, 0) is 6.54 Å². The van der Waals surface area contributed by atoms with Gasteiger partial charge >= 0.3 is 0 Å². The van der Waals surface area contributed by atoms with E-state index in [1.165, 1.54) is 0 Å². The summed E-state index contributed by atoms with van der Waals surface area (Å²) in [5.74, 6) is 0.0348. The molecule has 0 amide bonds. The molecular formula is C19H17ClN4OS. The lowest BCUT2D eigenvalue weighted by molar-refractivity contribution is 0.101. The SMILES string of the molecule is CC(=O)c1ccc(NC(=S)Nc2cccc(Cn3cc(Cl)cn3)c2)cc1. The van der Waals surface area contributed by atoms with Crippen molar-refractivity contribution in [3.63, 3.8) is 0 Å². The Bertz CT molecular complexity index is 937. The van der Waals surface area contributed by atoms with Crippen LogP contribution in [0.15, 0.2) is 60.9 Å². The fourth-order valence-corrected chi connectivity index (χ4v) is 2.83. The third kappa shape index (κ3) is 4.91. The van der Waals surface area contributed by atoms with Gasteiger partial charge in [0.2, 0.25) is 0 Å². The molecule has 1 heterocycles. The maximum absolute atomic E-state index is 11.3. The highest BCUT2D eigenvalue weighted by atomic mass is 35.5. The third-order valence-electron chi connectivity index (χ3n) is 3.68. The second-order valence-electron chi connectivity index (χ2n) is 5.77. The van der Waals surface area contributed by atoms with Crippen molar-refractivity contribution in [1.29, 1.82) is 0 Å². The van der Waals surface area contributed by atoms with E-state index in [2.05, 4.69) is 15.7 Å². The van der Waals surface area contributed by atoms with Crippen molar-refractivity contribution >= 4 is 46.1 Å². The lowest BCUT2D eigenvalue weighted by atomic mass is 10.1. The predicted octanol–water partition coefficient (Wildman–Crippen LogP) is 4.60. The Kier molecular flexibility index (Phi) is 5.65. The third-order valence-corrected chi connectivity index (χ3v) is 4.08. The molecule has 26 heavy (non-hydrogen) atoms. The van der Waals surface area contributed by atoms with Crippen molar-refractivity contribution in [2.24, 2.45) is 0 Å². The van der Waals surface area contributed by atoms with Crippen LogP contribution in [0.25, 0.3) is 0 Å². The molecule has 0 atom stereocenters. The van der Waals surface area contributed by atoms with Gasteiger partial charge in [-0.05, 0) is 61.1 Å². The van der Waals surface area contributed by atoms with E-state index in [0.29, 0.717) is 22.2 Å². The van der Waals surface area contributed by atoms with Crippen LogP contribution in [-0.4, -0.2) is 20.7 Å². The number of carbonyl (C=O) groups excluding carboxylic acids is 1. The molecule has 1 aromatic heterocycles. The summed E-state index contributed by atoms with van der Waals surface area (Å²) in [6.07, 6.45) is 3.39. The van der Waals surface area contributed by atoms with E-state index in [1.54, 1.807) is 36.1 Å². The second kappa shape index (κ2) is 8.12. The number of thiocarbonyl (C=S) groups is 1. The molecule has 0 radical (unpaired) electrons. The van der Waals surface area contributed by atoms with Gasteiger partial charge in [-0.2, -0.15) is 5.10 Å². The van der Waals surface area contributed by atoms with Crippen LogP contribution in [0.5, 0.6) is 0 Å². The molecule has 132 valence electrons. The van der Waals surface area contributed by atoms with Gasteiger partial charge in [0.1, 0.15) is 0 Å². The molecular weight excluding hydrogens is 368 g/mol. The quantitative estimate of drug-likeness (QED) is 0.497. The largest absolute Gasteiger partial charge is 0.332 e. The number of hydrogen-bond donors (Lipinski definition) is 2. The number of rotatable bonds is 5. The molecule has 2 N–H and O–H groups in total. The highest BCUT2D eigenvalue weighted by Crippen LogP contribution is 2.15. The Hall–Kier alpha value is -2.70. The van der Waals surface area contributed by atoms with Gasteiger partial charge in [-0.25, -0.2) is 0 Å². The molecule has 3 rings (SSSR count). The zero-order valence-corrected chi connectivity index (χ0v) is 15.6. The predicted molar refractivity (Wildman–Crippen MR) is 109 cm³/mol. The normalized spacial score (nSPS) is 10.4. The molecule has 3 aromatic rings. The molecule has 0 aliphatic heterocycles. The highest BCUT2D eigenvalue weighted by molar-refractivity contribution is 7.80. The number of nitrogens with one attached hydrogen (secondary N) is 2. The van der Waals surface area contributed by atoms with Crippen LogP contribution >= 0.6 is 23.8 Å². The summed E-state index contributed by atoms with van der Waals surface area (Å²) in [6, 6.07) is 15.1. The van der Waals surface area contributed by atoms with Crippen LogP contribution in [0, 0.1) is 0 Å². The average Bonchev–Trinajstić information content (AvgIpc) is 3.00. The maximum atomic E-state index is 11.3. The molecule has 0 saturated heterocycles. The van der Waals surface area contributed by atoms with Crippen molar-refractivity contribution in [3.8, 4) is 0 Å². The van der Waals surface area contributed by atoms with Crippen molar-refractivity contribution < 1.29 is 4.79 Å². The minimum Gasteiger partial charge on any atom is -0.332 e. The zero-order valence-electron chi connectivity index (χ0n) is 14.1. The number of hydrogen-bond acceptors (Lipinski definition) is 3. The number of carbonyl (C=O) groups is 1. The number of anilines is 2. The molecule has 0 bridgehead atoms. The van der Waals surface area contributed by atoms with E-state index >= 15 is 0 Å². The van der Waals surface area contributed by atoms with E-state index < -0.39 is 0 Å². The fraction of sp³-hybridized carbons (Fsp3) is 0.105. The summed E-state index contributed by atoms with van der Waals surface area (Å²) in [6.45, 7) is 2.16. The monoisotopic (exact) mass is 384 g/mol. The lowest BCUT2D eigenvalue weighted by Crippen LogP contribution is -2.19. The summed E-state index contributed by atoms with van der Waals surface area (Å²) < 4.78 is 1.77. The zero-order chi connectivity index (χ0) is 18.5. The number of aromatic nitrogens is 2. The van der Waals surface area contributed by atoms with Crippen LogP contribution in [0.4, 0.5) is 11.4 Å². The molecule has 0 aliphatic carbocycles. The van der Waals surface area contributed by atoms with Gasteiger partial charge in [-0.3, -0.25) is 9.48 Å². The minimum atomic E-state index is 0.0348. The molecule has 7 heteroatoms. The first-order valence-corrected chi connectivity index (χ1v) is 8.74. The van der Waals surface area contributed by atoms with Crippen LogP contribution < -0.4 is 10.6 Å². The number of nitrogens with zero attached hydrogens (tertiary/aromatic N) is 2. The van der Waals surface area contributed by atoms with E-state index in [1.807, 2.05) is 36.4 Å². The summed E-state index contributed by atoms with van der Waals surface area (Å²) in [5, 5.41) is 11.5. The van der Waals surface area contributed by atoms with Gasteiger partial charge in [-0.15, -0.1) is 0 Å². The molecule has 2 aromatic carbocycles. The number of ketones is 1. The lowest BCUT2D eigenvalue weighted by Gasteiger charge is -2.12. The summed E-state index contributed by atoms with van der Waals surface area (Å²) in [5.41, 5.74) is 3.43.